The number of carbonyl (C=O) groups is 1. The number of benzene rings is 2. The molecule has 0 bridgehead atoms. The Labute approximate surface area is 151 Å². The van der Waals surface area contributed by atoms with Crippen LogP contribution in [0.5, 0.6) is 5.75 Å². The number of anilines is 1. The first kappa shape index (κ1) is 19.0. The fourth-order valence-corrected chi connectivity index (χ4v) is 2.80. The fourth-order valence-electron chi connectivity index (χ4n) is 2.80. The largest absolute Gasteiger partial charge is 0.483 e. The molecule has 1 N–H and O–H groups in total. The minimum absolute atomic E-state index is 0.00142. The maximum absolute atomic E-state index is 12.4. The number of aryl methyl sites for hydroxylation is 1. The van der Waals surface area contributed by atoms with E-state index in [1.165, 1.54) is 5.56 Å². The number of ether oxygens (including phenoxy) is 1. The smallest absolute Gasteiger partial charge is 0.262 e. The lowest BCUT2D eigenvalue weighted by molar-refractivity contribution is -0.118. The summed E-state index contributed by atoms with van der Waals surface area (Å²) < 4.78 is 5.84. The first-order valence-electron chi connectivity index (χ1n) is 8.81. The molecule has 0 atom stereocenters. The van der Waals surface area contributed by atoms with Crippen LogP contribution in [0.2, 0.25) is 0 Å². The Hall–Kier alpha value is -2.29. The molecule has 0 unspecified atom stereocenters. The van der Waals surface area contributed by atoms with Crippen molar-refractivity contribution >= 4 is 11.6 Å². The highest BCUT2D eigenvalue weighted by Gasteiger charge is 2.20. The van der Waals surface area contributed by atoms with Gasteiger partial charge in [-0.25, -0.2) is 0 Å². The Kier molecular flexibility index (Phi) is 5.89. The van der Waals surface area contributed by atoms with Gasteiger partial charge in [-0.3, -0.25) is 4.79 Å². The van der Waals surface area contributed by atoms with E-state index in [1.807, 2.05) is 36.4 Å². The van der Waals surface area contributed by atoms with Crippen molar-refractivity contribution in [3.05, 3.63) is 59.2 Å². The van der Waals surface area contributed by atoms with Gasteiger partial charge in [-0.15, -0.1) is 0 Å². The zero-order valence-corrected chi connectivity index (χ0v) is 16.1. The van der Waals surface area contributed by atoms with E-state index >= 15 is 0 Å². The minimum Gasteiger partial charge on any atom is -0.483 e. The molecule has 2 aromatic rings. The second kappa shape index (κ2) is 7.73. The number of nitrogens with one attached hydrogen (secondary N) is 1. The van der Waals surface area contributed by atoms with Gasteiger partial charge in [0.1, 0.15) is 5.75 Å². The average Bonchev–Trinajstić information content (AvgIpc) is 2.53. The molecule has 1 amide bonds. The molecular weight excluding hydrogens is 310 g/mol. The Morgan fingerprint density at radius 1 is 1.12 bits per heavy atom. The van der Waals surface area contributed by atoms with E-state index < -0.39 is 0 Å². The van der Waals surface area contributed by atoms with Gasteiger partial charge in [-0.1, -0.05) is 70.5 Å². The SMILES string of the molecule is Cc1ccc(OCC(=O)Nc2ccccc2C(C)C)c(C(C)(C)C)c1. The summed E-state index contributed by atoms with van der Waals surface area (Å²) in [6, 6.07) is 14.0. The van der Waals surface area contributed by atoms with Gasteiger partial charge in [0.25, 0.3) is 5.91 Å². The van der Waals surface area contributed by atoms with Crippen LogP contribution in [0.4, 0.5) is 5.69 Å². The quantitative estimate of drug-likeness (QED) is 0.788. The van der Waals surface area contributed by atoms with Crippen molar-refractivity contribution in [3.63, 3.8) is 0 Å². The van der Waals surface area contributed by atoms with Crippen molar-refractivity contribution in [2.75, 3.05) is 11.9 Å². The van der Waals surface area contributed by atoms with E-state index in [1.54, 1.807) is 0 Å². The third-order valence-corrected chi connectivity index (χ3v) is 4.16. The lowest BCUT2D eigenvalue weighted by atomic mass is 9.85. The molecule has 0 spiro atoms. The van der Waals surface area contributed by atoms with Crippen LogP contribution in [0.15, 0.2) is 42.5 Å². The van der Waals surface area contributed by atoms with E-state index in [2.05, 4.69) is 52.9 Å². The number of rotatable bonds is 5. The number of hydrogen-bond donors (Lipinski definition) is 1. The second-order valence-corrected chi connectivity index (χ2v) is 7.83. The van der Waals surface area contributed by atoms with E-state index in [4.69, 9.17) is 4.74 Å². The zero-order chi connectivity index (χ0) is 18.6. The van der Waals surface area contributed by atoms with Crippen LogP contribution in [0, 0.1) is 6.92 Å². The number of hydrogen-bond acceptors (Lipinski definition) is 2. The molecule has 134 valence electrons. The molecule has 0 aromatic heterocycles. The Bertz CT molecular complexity index is 742. The third kappa shape index (κ3) is 5.09. The fraction of sp³-hybridized carbons (Fsp3) is 0.409. The summed E-state index contributed by atoms with van der Waals surface area (Å²) in [4.78, 5) is 12.4. The molecule has 2 rings (SSSR count). The summed E-state index contributed by atoms with van der Waals surface area (Å²) in [6.45, 7) is 12.7. The Morgan fingerprint density at radius 2 is 1.80 bits per heavy atom. The molecule has 3 nitrogen and oxygen atoms in total. The van der Waals surface area contributed by atoms with Gasteiger partial charge in [-0.05, 0) is 41.5 Å². The van der Waals surface area contributed by atoms with E-state index in [-0.39, 0.29) is 17.9 Å². The predicted octanol–water partition coefficient (Wildman–Crippen LogP) is 5.43. The van der Waals surface area contributed by atoms with E-state index in [9.17, 15) is 4.79 Å². The normalized spacial score (nSPS) is 11.5. The molecule has 2 aromatic carbocycles. The molecule has 0 fully saturated rings. The summed E-state index contributed by atoms with van der Waals surface area (Å²) in [6.07, 6.45) is 0. The highest BCUT2D eigenvalue weighted by molar-refractivity contribution is 5.92. The van der Waals surface area contributed by atoms with Crippen molar-refractivity contribution in [2.45, 2.75) is 52.9 Å². The summed E-state index contributed by atoms with van der Waals surface area (Å²) in [5.74, 6) is 0.973. The molecule has 0 saturated heterocycles. The summed E-state index contributed by atoms with van der Waals surface area (Å²) in [5.41, 5.74) is 4.24. The average molecular weight is 339 g/mol. The maximum Gasteiger partial charge on any atom is 0.262 e. The summed E-state index contributed by atoms with van der Waals surface area (Å²) in [7, 11) is 0. The molecule has 0 saturated carbocycles. The van der Waals surface area contributed by atoms with Crippen LogP contribution >= 0.6 is 0 Å². The highest BCUT2D eigenvalue weighted by atomic mass is 16.5. The first-order chi connectivity index (χ1) is 11.7. The first-order valence-corrected chi connectivity index (χ1v) is 8.81. The van der Waals surface area contributed by atoms with Crippen LogP contribution in [0.3, 0.4) is 0 Å². The maximum atomic E-state index is 12.4. The molecule has 25 heavy (non-hydrogen) atoms. The Balaban J connectivity index is 2.09. The van der Waals surface area contributed by atoms with Crippen LogP contribution in [0.25, 0.3) is 0 Å². The van der Waals surface area contributed by atoms with Crippen molar-refractivity contribution in [1.29, 1.82) is 0 Å². The van der Waals surface area contributed by atoms with Crippen LogP contribution in [-0.2, 0) is 10.2 Å². The number of amides is 1. The monoisotopic (exact) mass is 339 g/mol. The van der Waals surface area contributed by atoms with E-state index in [0.717, 1.165) is 22.6 Å². The number of carbonyl (C=O) groups excluding carboxylic acids is 1. The lowest BCUT2D eigenvalue weighted by Gasteiger charge is -2.23. The van der Waals surface area contributed by atoms with Gasteiger partial charge in [0.2, 0.25) is 0 Å². The van der Waals surface area contributed by atoms with Gasteiger partial charge < -0.3 is 10.1 Å². The molecule has 0 radical (unpaired) electrons. The minimum atomic E-state index is -0.145. The van der Waals surface area contributed by atoms with Crippen molar-refractivity contribution < 1.29 is 9.53 Å². The standard InChI is InChI=1S/C22H29NO2/c1-15(2)17-9-7-8-10-19(17)23-21(24)14-25-20-12-11-16(3)13-18(20)22(4,5)6/h7-13,15H,14H2,1-6H3,(H,23,24). The van der Waals surface area contributed by atoms with Crippen LogP contribution < -0.4 is 10.1 Å². The third-order valence-electron chi connectivity index (χ3n) is 4.16. The van der Waals surface area contributed by atoms with E-state index in [0.29, 0.717) is 5.92 Å². The van der Waals surface area contributed by atoms with Crippen molar-refractivity contribution in [3.8, 4) is 5.75 Å². The lowest BCUT2D eigenvalue weighted by Crippen LogP contribution is -2.22. The Morgan fingerprint density at radius 3 is 2.44 bits per heavy atom. The van der Waals surface area contributed by atoms with Gasteiger partial charge in [0.15, 0.2) is 6.61 Å². The van der Waals surface area contributed by atoms with Gasteiger partial charge in [0, 0.05) is 5.69 Å². The molecule has 0 heterocycles. The predicted molar refractivity (Wildman–Crippen MR) is 105 cm³/mol. The second-order valence-electron chi connectivity index (χ2n) is 7.83. The van der Waals surface area contributed by atoms with Gasteiger partial charge in [-0.2, -0.15) is 0 Å². The molecular formula is C22H29NO2. The van der Waals surface area contributed by atoms with Crippen molar-refractivity contribution in [1.82, 2.24) is 0 Å². The van der Waals surface area contributed by atoms with Gasteiger partial charge in [0.05, 0.1) is 0 Å². The van der Waals surface area contributed by atoms with Gasteiger partial charge >= 0.3 is 0 Å². The van der Waals surface area contributed by atoms with Crippen molar-refractivity contribution in [2.24, 2.45) is 0 Å². The summed E-state index contributed by atoms with van der Waals surface area (Å²) >= 11 is 0. The van der Waals surface area contributed by atoms with Crippen LogP contribution in [-0.4, -0.2) is 12.5 Å². The molecule has 0 aliphatic heterocycles. The summed E-state index contributed by atoms with van der Waals surface area (Å²) in [5, 5.41) is 2.97. The molecule has 0 aliphatic carbocycles. The molecule has 3 heteroatoms. The molecule has 0 aliphatic rings. The highest BCUT2D eigenvalue weighted by Crippen LogP contribution is 2.32. The number of para-hydroxylation sites is 1. The van der Waals surface area contributed by atoms with Crippen LogP contribution in [0.1, 0.15) is 57.2 Å². The zero-order valence-electron chi connectivity index (χ0n) is 16.1. The topological polar surface area (TPSA) is 38.3 Å².